The Morgan fingerprint density at radius 1 is 1.29 bits per heavy atom. The van der Waals surface area contributed by atoms with Gasteiger partial charge in [0.1, 0.15) is 0 Å². The minimum Gasteiger partial charge on any atom is -0.336 e. The molecule has 2 aliphatic heterocycles. The molecule has 0 saturated carbocycles. The van der Waals surface area contributed by atoms with Crippen molar-refractivity contribution in [3.63, 3.8) is 0 Å². The second kappa shape index (κ2) is 5.48. The lowest BCUT2D eigenvalue weighted by molar-refractivity contribution is -0.116. The molecule has 5 heteroatoms. The monoisotopic (exact) mass is 287 g/mol. The maximum atomic E-state index is 12.6. The minimum absolute atomic E-state index is 0.0590. The van der Waals surface area contributed by atoms with Crippen LogP contribution in [0.25, 0.3) is 0 Å². The number of anilines is 1. The summed E-state index contributed by atoms with van der Waals surface area (Å²) in [6.07, 6.45) is 0.827. The summed E-state index contributed by atoms with van der Waals surface area (Å²) in [5.74, 6) is 0.149. The molecule has 1 atom stereocenters. The minimum atomic E-state index is 0.0590. The van der Waals surface area contributed by atoms with Gasteiger partial charge < -0.3 is 15.1 Å². The highest BCUT2D eigenvalue weighted by Crippen LogP contribution is 2.29. The summed E-state index contributed by atoms with van der Waals surface area (Å²) in [7, 11) is 0. The van der Waals surface area contributed by atoms with Crippen LogP contribution in [-0.4, -0.2) is 48.9 Å². The van der Waals surface area contributed by atoms with Gasteiger partial charge in [-0.1, -0.05) is 0 Å². The average molecular weight is 287 g/mol. The smallest absolute Gasteiger partial charge is 0.253 e. The van der Waals surface area contributed by atoms with E-state index in [-0.39, 0.29) is 11.8 Å². The molecular weight excluding hydrogens is 266 g/mol. The molecule has 1 aromatic rings. The maximum absolute atomic E-state index is 12.6. The highest BCUT2D eigenvalue weighted by atomic mass is 16.2. The maximum Gasteiger partial charge on any atom is 0.253 e. The van der Waals surface area contributed by atoms with E-state index in [1.54, 1.807) is 11.8 Å². The van der Waals surface area contributed by atoms with Crippen molar-refractivity contribution in [1.82, 2.24) is 10.2 Å². The van der Waals surface area contributed by atoms with Crippen LogP contribution in [0.15, 0.2) is 18.2 Å². The number of carbonyl (C=O) groups excluding carboxylic acids is 2. The molecule has 1 unspecified atom stereocenters. The van der Waals surface area contributed by atoms with Crippen molar-refractivity contribution < 1.29 is 9.59 Å². The molecular formula is C16H21N3O2. The Labute approximate surface area is 124 Å². The SMILES string of the molecule is CC(=O)N1CCc2cc(C(=O)N3CCNC(C)C3)ccc21. The molecule has 3 rings (SSSR count). The summed E-state index contributed by atoms with van der Waals surface area (Å²) in [5.41, 5.74) is 2.78. The Kier molecular flexibility index (Phi) is 3.68. The lowest BCUT2D eigenvalue weighted by Crippen LogP contribution is -2.51. The highest BCUT2D eigenvalue weighted by Gasteiger charge is 2.25. The molecule has 5 nitrogen and oxygen atoms in total. The van der Waals surface area contributed by atoms with Crippen molar-refractivity contribution in [2.45, 2.75) is 26.3 Å². The van der Waals surface area contributed by atoms with Crippen molar-refractivity contribution in [2.75, 3.05) is 31.1 Å². The number of hydrogen-bond acceptors (Lipinski definition) is 3. The van der Waals surface area contributed by atoms with Gasteiger partial charge in [0, 0.05) is 50.4 Å². The quantitative estimate of drug-likeness (QED) is 0.839. The van der Waals surface area contributed by atoms with Crippen LogP contribution in [0.2, 0.25) is 0 Å². The number of benzene rings is 1. The molecule has 1 N–H and O–H groups in total. The predicted octanol–water partition coefficient (Wildman–Crippen LogP) is 1.03. The second-order valence-corrected chi connectivity index (χ2v) is 5.87. The molecule has 0 aromatic heterocycles. The molecule has 2 heterocycles. The number of amides is 2. The van der Waals surface area contributed by atoms with Gasteiger partial charge in [-0.25, -0.2) is 0 Å². The Bertz CT molecular complexity index is 585. The van der Waals surface area contributed by atoms with Crippen molar-refractivity contribution in [3.05, 3.63) is 29.3 Å². The van der Waals surface area contributed by atoms with Crippen LogP contribution < -0.4 is 10.2 Å². The first-order valence-electron chi connectivity index (χ1n) is 7.50. The highest BCUT2D eigenvalue weighted by molar-refractivity contribution is 5.98. The Hall–Kier alpha value is -1.88. The van der Waals surface area contributed by atoms with Crippen LogP contribution in [0.1, 0.15) is 29.8 Å². The van der Waals surface area contributed by atoms with Crippen molar-refractivity contribution in [2.24, 2.45) is 0 Å². The molecule has 0 bridgehead atoms. The van der Waals surface area contributed by atoms with Gasteiger partial charge in [-0.05, 0) is 37.1 Å². The number of hydrogen-bond donors (Lipinski definition) is 1. The first kappa shape index (κ1) is 14.1. The fraction of sp³-hybridized carbons (Fsp3) is 0.500. The van der Waals surface area contributed by atoms with Crippen LogP contribution in [0.4, 0.5) is 5.69 Å². The summed E-state index contributed by atoms with van der Waals surface area (Å²) in [5, 5.41) is 3.34. The van der Waals surface area contributed by atoms with E-state index in [2.05, 4.69) is 12.2 Å². The third kappa shape index (κ3) is 2.65. The second-order valence-electron chi connectivity index (χ2n) is 5.87. The van der Waals surface area contributed by atoms with Gasteiger partial charge in [-0.15, -0.1) is 0 Å². The molecule has 0 radical (unpaired) electrons. The lowest BCUT2D eigenvalue weighted by atomic mass is 10.1. The number of nitrogens with zero attached hydrogens (tertiary/aromatic N) is 2. The van der Waals surface area contributed by atoms with Crippen molar-refractivity contribution in [1.29, 1.82) is 0 Å². The van der Waals surface area contributed by atoms with E-state index >= 15 is 0 Å². The zero-order valence-electron chi connectivity index (χ0n) is 12.6. The van der Waals surface area contributed by atoms with Crippen molar-refractivity contribution >= 4 is 17.5 Å². The van der Waals surface area contributed by atoms with Gasteiger partial charge in [0.05, 0.1) is 0 Å². The van der Waals surface area contributed by atoms with E-state index in [0.717, 1.165) is 42.9 Å². The van der Waals surface area contributed by atoms with E-state index in [1.807, 2.05) is 23.1 Å². The Morgan fingerprint density at radius 3 is 2.81 bits per heavy atom. The van der Waals surface area contributed by atoms with Gasteiger partial charge in [-0.3, -0.25) is 9.59 Å². The molecule has 2 aliphatic rings. The van der Waals surface area contributed by atoms with E-state index < -0.39 is 0 Å². The summed E-state index contributed by atoms with van der Waals surface area (Å²) in [6, 6.07) is 6.04. The van der Waals surface area contributed by atoms with E-state index in [1.165, 1.54) is 0 Å². The zero-order valence-corrected chi connectivity index (χ0v) is 12.6. The molecule has 0 spiro atoms. The predicted molar refractivity (Wildman–Crippen MR) is 81.5 cm³/mol. The molecule has 0 aliphatic carbocycles. The van der Waals surface area contributed by atoms with E-state index in [0.29, 0.717) is 12.6 Å². The van der Waals surface area contributed by atoms with Crippen LogP contribution in [0.5, 0.6) is 0 Å². The summed E-state index contributed by atoms with van der Waals surface area (Å²) in [6.45, 7) is 6.72. The molecule has 1 fully saturated rings. The summed E-state index contributed by atoms with van der Waals surface area (Å²) < 4.78 is 0. The Balaban J connectivity index is 1.81. The fourth-order valence-electron chi connectivity index (χ4n) is 3.16. The number of carbonyl (C=O) groups is 2. The van der Waals surface area contributed by atoms with Crippen LogP contribution >= 0.6 is 0 Å². The Morgan fingerprint density at radius 2 is 2.10 bits per heavy atom. The number of rotatable bonds is 1. The molecule has 1 saturated heterocycles. The van der Waals surface area contributed by atoms with Gasteiger partial charge in [0.25, 0.3) is 5.91 Å². The third-order valence-electron chi connectivity index (χ3n) is 4.26. The first-order valence-corrected chi connectivity index (χ1v) is 7.50. The van der Waals surface area contributed by atoms with Gasteiger partial charge in [-0.2, -0.15) is 0 Å². The largest absolute Gasteiger partial charge is 0.336 e. The topological polar surface area (TPSA) is 52.7 Å². The number of fused-ring (bicyclic) bond motifs is 1. The van der Waals surface area contributed by atoms with Crippen LogP contribution in [0.3, 0.4) is 0 Å². The van der Waals surface area contributed by atoms with Gasteiger partial charge in [0.2, 0.25) is 5.91 Å². The number of piperazine rings is 1. The van der Waals surface area contributed by atoms with Crippen molar-refractivity contribution in [3.8, 4) is 0 Å². The van der Waals surface area contributed by atoms with Gasteiger partial charge in [0.15, 0.2) is 0 Å². The zero-order chi connectivity index (χ0) is 15.0. The average Bonchev–Trinajstić information content (AvgIpc) is 2.89. The third-order valence-corrected chi connectivity index (χ3v) is 4.26. The van der Waals surface area contributed by atoms with Crippen LogP contribution in [-0.2, 0) is 11.2 Å². The molecule has 1 aromatic carbocycles. The normalized spacial score (nSPS) is 21.3. The number of nitrogens with one attached hydrogen (secondary N) is 1. The first-order chi connectivity index (χ1) is 10.1. The van der Waals surface area contributed by atoms with Gasteiger partial charge >= 0.3 is 0 Å². The summed E-state index contributed by atoms with van der Waals surface area (Å²) in [4.78, 5) is 27.8. The molecule has 21 heavy (non-hydrogen) atoms. The lowest BCUT2D eigenvalue weighted by Gasteiger charge is -2.32. The van der Waals surface area contributed by atoms with E-state index in [4.69, 9.17) is 0 Å². The standard InChI is InChI=1S/C16H21N3O2/c1-11-10-18(8-6-17-11)16(21)14-3-4-15-13(9-14)5-7-19(15)12(2)20/h3-4,9,11,17H,5-8,10H2,1-2H3. The summed E-state index contributed by atoms with van der Waals surface area (Å²) >= 11 is 0. The molecule has 2 amide bonds. The van der Waals surface area contributed by atoms with Crippen LogP contribution in [0, 0.1) is 0 Å². The fourth-order valence-corrected chi connectivity index (χ4v) is 3.16. The van der Waals surface area contributed by atoms with E-state index in [9.17, 15) is 9.59 Å². The molecule has 112 valence electrons.